The Labute approximate surface area is 148 Å². The van der Waals surface area contributed by atoms with Crippen LogP contribution in [0.1, 0.15) is 17.0 Å². The Kier molecular flexibility index (Phi) is 4.93. The number of pyridine rings is 1. The summed E-state index contributed by atoms with van der Waals surface area (Å²) < 4.78 is 5.37. The van der Waals surface area contributed by atoms with E-state index in [2.05, 4.69) is 21.0 Å². The quantitative estimate of drug-likeness (QED) is 0.551. The summed E-state index contributed by atoms with van der Waals surface area (Å²) in [5.41, 5.74) is 7.30. The zero-order valence-corrected chi connectivity index (χ0v) is 13.8. The van der Waals surface area contributed by atoms with Crippen molar-refractivity contribution in [1.29, 1.82) is 10.5 Å². The molecule has 0 saturated heterocycles. The van der Waals surface area contributed by atoms with E-state index in [0.717, 1.165) is 12.1 Å². The van der Waals surface area contributed by atoms with Crippen LogP contribution in [0.25, 0.3) is 11.5 Å². The van der Waals surface area contributed by atoms with Crippen molar-refractivity contribution in [3.05, 3.63) is 53.5 Å². The lowest BCUT2D eigenvalue weighted by Gasteiger charge is -2.07. The summed E-state index contributed by atoms with van der Waals surface area (Å²) in [5.74, 6) is 1.18. The topological polar surface area (TPSA) is 125 Å². The maximum Gasteiger partial charge on any atom is 0.221 e. The van der Waals surface area contributed by atoms with Gasteiger partial charge in [0.05, 0.1) is 0 Å². The first-order valence-electron chi connectivity index (χ1n) is 7.32. The van der Waals surface area contributed by atoms with Gasteiger partial charge in [0.2, 0.25) is 11.7 Å². The van der Waals surface area contributed by atoms with E-state index in [1.807, 2.05) is 24.3 Å². The average molecular weight is 348 g/mol. The van der Waals surface area contributed by atoms with Crippen LogP contribution in [-0.2, 0) is 6.42 Å². The third-order valence-corrected chi connectivity index (χ3v) is 4.25. The molecule has 8 heteroatoms. The zero-order chi connectivity index (χ0) is 17.6. The Morgan fingerprint density at radius 1 is 1.12 bits per heavy atom. The molecule has 0 spiro atoms. The molecule has 3 aromatic rings. The Balaban J connectivity index is 1.86. The molecule has 3 aromatic heterocycles. The van der Waals surface area contributed by atoms with Crippen LogP contribution in [0.2, 0.25) is 0 Å². The molecule has 0 aliphatic carbocycles. The number of furan rings is 1. The third-order valence-electron chi connectivity index (χ3n) is 3.28. The molecule has 2 N–H and O–H groups in total. The Bertz CT molecular complexity index is 971. The van der Waals surface area contributed by atoms with Crippen molar-refractivity contribution in [2.24, 2.45) is 0 Å². The second kappa shape index (κ2) is 7.47. The van der Waals surface area contributed by atoms with Gasteiger partial charge in [-0.3, -0.25) is 4.98 Å². The number of nitriles is 2. The molecule has 7 nitrogen and oxygen atoms in total. The first kappa shape index (κ1) is 16.5. The molecule has 0 aliphatic heterocycles. The number of nitrogens with two attached hydrogens (primary N) is 1. The number of thioether (sulfide) groups is 1. The van der Waals surface area contributed by atoms with E-state index >= 15 is 0 Å². The zero-order valence-electron chi connectivity index (χ0n) is 13.0. The van der Waals surface area contributed by atoms with E-state index in [1.165, 1.54) is 17.8 Å². The molecule has 0 unspecified atom stereocenters. The first-order valence-corrected chi connectivity index (χ1v) is 8.30. The predicted octanol–water partition coefficient (Wildman–Crippen LogP) is 2.79. The van der Waals surface area contributed by atoms with Gasteiger partial charge in [0.25, 0.3) is 0 Å². The third kappa shape index (κ3) is 3.77. The second-order valence-electron chi connectivity index (χ2n) is 4.92. The van der Waals surface area contributed by atoms with Crippen molar-refractivity contribution in [2.45, 2.75) is 11.4 Å². The molecule has 0 atom stereocenters. The SMILES string of the molecule is N#Cc1ccc(-c2nc(N)nc(SCCc3ccccn3)c2C#N)o1. The van der Waals surface area contributed by atoms with Crippen LogP contribution in [0, 0.1) is 22.7 Å². The summed E-state index contributed by atoms with van der Waals surface area (Å²) in [6.07, 6.45) is 2.47. The van der Waals surface area contributed by atoms with Gasteiger partial charge in [-0.2, -0.15) is 10.5 Å². The maximum atomic E-state index is 9.53. The summed E-state index contributed by atoms with van der Waals surface area (Å²) >= 11 is 1.40. The normalized spacial score (nSPS) is 10.2. The Hall–Kier alpha value is -3.36. The number of rotatable bonds is 5. The highest BCUT2D eigenvalue weighted by atomic mass is 32.2. The molecule has 0 saturated carbocycles. The smallest absolute Gasteiger partial charge is 0.221 e. The van der Waals surface area contributed by atoms with Crippen LogP contribution in [-0.4, -0.2) is 20.7 Å². The van der Waals surface area contributed by atoms with Gasteiger partial charge in [0, 0.05) is 17.6 Å². The Morgan fingerprint density at radius 3 is 2.68 bits per heavy atom. The van der Waals surface area contributed by atoms with Gasteiger partial charge in [-0.05, 0) is 30.7 Å². The highest BCUT2D eigenvalue weighted by Gasteiger charge is 2.18. The van der Waals surface area contributed by atoms with Gasteiger partial charge >= 0.3 is 0 Å². The van der Waals surface area contributed by atoms with E-state index in [9.17, 15) is 5.26 Å². The summed E-state index contributed by atoms with van der Waals surface area (Å²) in [5, 5.41) is 18.9. The fourth-order valence-electron chi connectivity index (χ4n) is 2.16. The van der Waals surface area contributed by atoms with E-state index in [1.54, 1.807) is 12.3 Å². The summed E-state index contributed by atoms with van der Waals surface area (Å²) in [4.78, 5) is 12.5. The minimum Gasteiger partial charge on any atom is -0.444 e. The number of hydrogen-bond acceptors (Lipinski definition) is 8. The molecule has 0 aromatic carbocycles. The van der Waals surface area contributed by atoms with E-state index in [4.69, 9.17) is 15.4 Å². The Morgan fingerprint density at radius 2 is 2.00 bits per heavy atom. The van der Waals surface area contributed by atoms with Gasteiger partial charge in [0.1, 0.15) is 28.4 Å². The minimum absolute atomic E-state index is 0.0456. The van der Waals surface area contributed by atoms with Crippen LogP contribution < -0.4 is 5.73 Å². The van der Waals surface area contributed by atoms with Crippen molar-refractivity contribution in [2.75, 3.05) is 11.5 Å². The molecule has 25 heavy (non-hydrogen) atoms. The maximum absolute atomic E-state index is 9.53. The van der Waals surface area contributed by atoms with Crippen LogP contribution in [0.4, 0.5) is 5.95 Å². The van der Waals surface area contributed by atoms with E-state index in [-0.39, 0.29) is 23.0 Å². The van der Waals surface area contributed by atoms with Crippen molar-refractivity contribution in [3.8, 4) is 23.6 Å². The highest BCUT2D eigenvalue weighted by molar-refractivity contribution is 7.99. The molecule has 3 heterocycles. The molecular weight excluding hydrogens is 336 g/mol. The molecule has 122 valence electrons. The van der Waals surface area contributed by atoms with Crippen LogP contribution in [0.3, 0.4) is 0 Å². The van der Waals surface area contributed by atoms with Crippen molar-refractivity contribution in [1.82, 2.24) is 15.0 Å². The van der Waals surface area contributed by atoms with Gasteiger partial charge in [-0.1, -0.05) is 6.07 Å². The summed E-state index contributed by atoms with van der Waals surface area (Å²) in [7, 11) is 0. The number of aromatic nitrogens is 3. The number of anilines is 1. The summed E-state index contributed by atoms with van der Waals surface area (Å²) in [6.45, 7) is 0. The molecule has 0 aliphatic rings. The molecule has 0 bridgehead atoms. The lowest BCUT2D eigenvalue weighted by atomic mass is 10.2. The number of hydrogen-bond donors (Lipinski definition) is 1. The van der Waals surface area contributed by atoms with Crippen molar-refractivity contribution < 1.29 is 4.42 Å². The van der Waals surface area contributed by atoms with Crippen molar-refractivity contribution in [3.63, 3.8) is 0 Å². The monoisotopic (exact) mass is 348 g/mol. The fraction of sp³-hybridized carbons (Fsp3) is 0.118. The van der Waals surface area contributed by atoms with E-state index < -0.39 is 0 Å². The minimum atomic E-state index is 0.0456. The fourth-order valence-corrected chi connectivity index (χ4v) is 3.11. The number of nitrogen functional groups attached to an aromatic ring is 1. The molecule has 0 radical (unpaired) electrons. The number of nitrogens with zero attached hydrogens (tertiary/aromatic N) is 5. The van der Waals surface area contributed by atoms with Crippen LogP contribution >= 0.6 is 11.8 Å². The first-order chi connectivity index (χ1) is 12.2. The van der Waals surface area contributed by atoms with Gasteiger partial charge in [-0.15, -0.1) is 11.8 Å². The van der Waals surface area contributed by atoms with Gasteiger partial charge in [-0.25, -0.2) is 9.97 Å². The standard InChI is InChI=1S/C17H12N6OS/c18-9-12-4-5-14(24-12)15-13(10-19)16(23-17(20)22-15)25-8-6-11-3-1-2-7-21-11/h1-5,7H,6,8H2,(H2,20,22,23). The number of aryl methyl sites for hydroxylation is 1. The molecule has 0 fully saturated rings. The van der Waals surface area contributed by atoms with Crippen LogP contribution in [0.5, 0.6) is 0 Å². The van der Waals surface area contributed by atoms with Gasteiger partial charge in [0.15, 0.2) is 5.76 Å². The van der Waals surface area contributed by atoms with Crippen LogP contribution in [0.15, 0.2) is 46.0 Å². The molecular formula is C17H12N6OS. The molecule has 3 rings (SSSR count). The molecule has 0 amide bonds. The largest absolute Gasteiger partial charge is 0.444 e. The van der Waals surface area contributed by atoms with Crippen molar-refractivity contribution >= 4 is 17.7 Å². The van der Waals surface area contributed by atoms with Gasteiger partial charge < -0.3 is 10.2 Å². The lowest BCUT2D eigenvalue weighted by Crippen LogP contribution is -2.03. The predicted molar refractivity (Wildman–Crippen MR) is 92.2 cm³/mol. The average Bonchev–Trinajstić information content (AvgIpc) is 3.11. The lowest BCUT2D eigenvalue weighted by molar-refractivity contribution is 0.564. The highest BCUT2D eigenvalue weighted by Crippen LogP contribution is 2.30. The van der Waals surface area contributed by atoms with E-state index in [0.29, 0.717) is 16.5 Å². The summed E-state index contributed by atoms with van der Waals surface area (Å²) in [6, 6.07) is 12.8. The second-order valence-corrected chi connectivity index (χ2v) is 6.00.